The molecule has 1 aliphatic heterocycles. The van der Waals surface area contributed by atoms with Crippen LogP contribution in [0.4, 0.5) is 0 Å². The molecule has 0 saturated heterocycles. The number of nitriles is 1. The molecule has 1 heterocycles. The van der Waals surface area contributed by atoms with Crippen LogP contribution in [0.2, 0.25) is 0 Å². The minimum absolute atomic E-state index is 0.354. The van der Waals surface area contributed by atoms with Crippen molar-refractivity contribution >= 4 is 19.2 Å². The van der Waals surface area contributed by atoms with Gasteiger partial charge in [-0.15, -0.1) is 0 Å². The van der Waals surface area contributed by atoms with Gasteiger partial charge in [-0.25, -0.2) is 0 Å². The van der Waals surface area contributed by atoms with Crippen molar-refractivity contribution < 1.29 is 14.2 Å². The summed E-state index contributed by atoms with van der Waals surface area (Å²) in [5, 5.41) is 8.82. The first-order valence-corrected chi connectivity index (χ1v) is 6.05. The highest BCUT2D eigenvalue weighted by Gasteiger charge is 2.14. The van der Waals surface area contributed by atoms with E-state index >= 15 is 0 Å². The Morgan fingerprint density at radius 2 is 2.20 bits per heavy atom. The molecule has 0 amide bonds. The first-order valence-electron chi connectivity index (χ1n) is 6.05. The number of aldehydes is 1. The highest BCUT2D eigenvalue weighted by Crippen LogP contribution is 2.26. The smallest absolute Gasteiger partial charge is 0.330 e. The van der Waals surface area contributed by atoms with Crippen LogP contribution in [0, 0.1) is 11.3 Å². The molecule has 0 bridgehead atoms. The second-order valence-electron chi connectivity index (χ2n) is 4.37. The Hall–Kier alpha value is -2.58. The fourth-order valence-corrected chi connectivity index (χ4v) is 2.04. The molecule has 0 atom stereocenters. The molecule has 0 spiro atoms. The van der Waals surface area contributed by atoms with Crippen LogP contribution in [0.25, 0.3) is 0 Å². The normalized spacial score (nSPS) is 12.2. The lowest BCUT2D eigenvalue weighted by Crippen LogP contribution is -2.10. The third-order valence-electron chi connectivity index (χ3n) is 3.06. The van der Waals surface area contributed by atoms with Gasteiger partial charge in [0.15, 0.2) is 6.29 Å². The van der Waals surface area contributed by atoms with Gasteiger partial charge in [0.25, 0.3) is 0 Å². The zero-order valence-corrected chi connectivity index (χ0v) is 10.5. The Morgan fingerprint density at radius 3 is 3.00 bits per heavy atom. The summed E-state index contributed by atoms with van der Waals surface area (Å²) in [7, 11) is 1.71. The second-order valence-corrected chi connectivity index (χ2v) is 4.37. The molecule has 0 unspecified atom stereocenters. The number of hydrogen-bond donors (Lipinski definition) is 0. The number of rotatable bonds is 3. The molecule has 0 aromatic heterocycles. The number of carbonyl (C=O) groups excluding carboxylic acids is 1. The average molecular weight is 262 g/mol. The van der Waals surface area contributed by atoms with Gasteiger partial charge < -0.3 is 9.39 Å². The van der Waals surface area contributed by atoms with Crippen molar-refractivity contribution in [1.82, 2.24) is 0 Å². The number of fused-ring (bicyclic) bond motifs is 1. The van der Waals surface area contributed by atoms with Crippen LogP contribution in [-0.2, 0) is 11.3 Å². The summed E-state index contributed by atoms with van der Waals surface area (Å²) in [4.78, 5) is 11.1. The lowest BCUT2D eigenvalue weighted by atomic mass is 9.87. The maximum Gasteiger partial charge on any atom is 0.330 e. The van der Waals surface area contributed by atoms with E-state index in [-0.39, 0.29) is 0 Å². The predicted molar refractivity (Wildman–Crippen MR) is 73.2 cm³/mol. The summed E-state index contributed by atoms with van der Waals surface area (Å²) in [6, 6.07) is 12.3. The van der Waals surface area contributed by atoms with Gasteiger partial charge in [-0.2, -0.15) is 5.26 Å². The molecule has 0 saturated carbocycles. The van der Waals surface area contributed by atoms with Gasteiger partial charge in [-0.05, 0) is 41.4 Å². The number of benzene rings is 2. The molecule has 2 aromatic rings. The second kappa shape index (κ2) is 5.20. The lowest BCUT2D eigenvalue weighted by molar-refractivity contribution is 0.112. The quantitative estimate of drug-likeness (QED) is 0.626. The van der Waals surface area contributed by atoms with Crippen LogP contribution in [0.3, 0.4) is 0 Å². The number of carbonyl (C=O) groups is 1. The summed E-state index contributed by atoms with van der Waals surface area (Å²) in [5.74, 6) is 1.07. The predicted octanol–water partition coefficient (Wildman–Crippen LogP) is 1.94. The molecule has 2 aromatic carbocycles. The van der Waals surface area contributed by atoms with E-state index in [2.05, 4.69) is 0 Å². The van der Waals surface area contributed by atoms with E-state index in [1.807, 2.05) is 24.3 Å². The van der Waals surface area contributed by atoms with Crippen molar-refractivity contribution in [3.63, 3.8) is 0 Å². The van der Waals surface area contributed by atoms with Crippen molar-refractivity contribution in [3.05, 3.63) is 53.1 Å². The van der Waals surface area contributed by atoms with Crippen molar-refractivity contribution in [2.45, 2.75) is 6.61 Å². The van der Waals surface area contributed by atoms with E-state index < -0.39 is 0 Å². The van der Waals surface area contributed by atoms with Gasteiger partial charge in [0.05, 0.1) is 23.8 Å². The molecule has 20 heavy (non-hydrogen) atoms. The molecule has 0 aliphatic carbocycles. The molecule has 0 N–H and O–H groups in total. The minimum atomic E-state index is 0.354. The Morgan fingerprint density at radius 1 is 1.30 bits per heavy atom. The van der Waals surface area contributed by atoms with Crippen molar-refractivity contribution in [1.29, 1.82) is 5.26 Å². The largest absolute Gasteiger partial charge is 0.457 e. The summed E-state index contributed by atoms with van der Waals surface area (Å²) in [6.07, 6.45) is 0.681. The van der Waals surface area contributed by atoms with Crippen LogP contribution in [0.15, 0.2) is 36.4 Å². The van der Waals surface area contributed by atoms with E-state index in [0.29, 0.717) is 35.5 Å². The monoisotopic (exact) mass is 262 g/mol. The highest BCUT2D eigenvalue weighted by molar-refractivity contribution is 6.48. The zero-order chi connectivity index (χ0) is 13.9. The van der Waals surface area contributed by atoms with Crippen molar-refractivity contribution in [2.24, 2.45) is 0 Å². The van der Waals surface area contributed by atoms with Crippen molar-refractivity contribution in [2.75, 3.05) is 0 Å². The molecule has 1 radical (unpaired) electrons. The first kappa shape index (κ1) is 12.5. The van der Waals surface area contributed by atoms with Gasteiger partial charge in [0, 0.05) is 0 Å². The van der Waals surface area contributed by atoms with E-state index in [1.165, 1.54) is 6.07 Å². The summed E-state index contributed by atoms with van der Waals surface area (Å²) < 4.78 is 10.9. The van der Waals surface area contributed by atoms with Crippen LogP contribution in [0.5, 0.6) is 11.5 Å². The minimum Gasteiger partial charge on any atom is -0.457 e. The summed E-state index contributed by atoms with van der Waals surface area (Å²) >= 11 is 0. The van der Waals surface area contributed by atoms with Gasteiger partial charge in [0.1, 0.15) is 11.5 Å². The zero-order valence-electron chi connectivity index (χ0n) is 10.5. The summed E-state index contributed by atoms with van der Waals surface area (Å²) in [6.45, 7) is 0.528. The topological polar surface area (TPSA) is 59.3 Å². The molecule has 3 rings (SSSR count). The van der Waals surface area contributed by atoms with E-state index in [4.69, 9.17) is 14.7 Å². The van der Waals surface area contributed by atoms with E-state index in [9.17, 15) is 4.79 Å². The van der Waals surface area contributed by atoms with E-state index in [0.717, 1.165) is 11.0 Å². The number of nitrogens with zero attached hydrogens (tertiary/aromatic N) is 1. The van der Waals surface area contributed by atoms with Crippen LogP contribution >= 0.6 is 0 Å². The third-order valence-corrected chi connectivity index (χ3v) is 3.06. The lowest BCUT2D eigenvalue weighted by Gasteiger charge is -2.09. The molecule has 1 aliphatic rings. The molecular formula is C15H9BNO3. The molecule has 5 heteroatoms. The Labute approximate surface area is 116 Å². The molecular weight excluding hydrogens is 253 g/mol. The Bertz CT molecular complexity index is 722. The van der Waals surface area contributed by atoms with Crippen molar-refractivity contribution in [3.8, 4) is 17.6 Å². The standard InChI is InChI=1S/C15H9BNO3/c17-7-10-1-4-15(11(5-10)8-18)20-13-2-3-14-12(6-13)9-19-16-14/h1-6,8H,9H2. The molecule has 0 fully saturated rings. The van der Waals surface area contributed by atoms with Gasteiger partial charge in [-0.3, -0.25) is 4.79 Å². The van der Waals surface area contributed by atoms with Gasteiger partial charge in [-0.1, -0.05) is 6.07 Å². The highest BCUT2D eigenvalue weighted by atomic mass is 16.5. The van der Waals surface area contributed by atoms with Crippen LogP contribution in [-0.4, -0.2) is 13.8 Å². The SMILES string of the molecule is N#Cc1ccc(Oc2ccc3c(c2)CO[B]3)c(C=O)c1. The maximum atomic E-state index is 11.1. The Kier molecular flexibility index (Phi) is 3.24. The molecule has 4 nitrogen and oxygen atoms in total. The van der Waals surface area contributed by atoms with E-state index in [1.54, 1.807) is 19.6 Å². The van der Waals surface area contributed by atoms with Crippen LogP contribution < -0.4 is 10.2 Å². The fraction of sp³-hybridized carbons (Fsp3) is 0.0667. The first-order chi connectivity index (χ1) is 9.80. The van der Waals surface area contributed by atoms with Gasteiger partial charge >= 0.3 is 7.48 Å². The number of ether oxygens (including phenoxy) is 1. The van der Waals surface area contributed by atoms with Gasteiger partial charge in [0.2, 0.25) is 0 Å². The summed E-state index contributed by atoms with van der Waals surface area (Å²) in [5.41, 5.74) is 2.86. The van der Waals surface area contributed by atoms with Crippen LogP contribution in [0.1, 0.15) is 21.5 Å². The average Bonchev–Trinajstić information content (AvgIpc) is 2.95. The maximum absolute atomic E-state index is 11.1. The number of hydrogen-bond acceptors (Lipinski definition) is 4. The third kappa shape index (κ3) is 2.29. The Balaban J connectivity index is 1.91. The molecule has 95 valence electrons. The fourth-order valence-electron chi connectivity index (χ4n) is 2.04.